The van der Waals surface area contributed by atoms with Gasteiger partial charge in [-0.2, -0.15) is 31.4 Å². The van der Waals surface area contributed by atoms with Crippen LogP contribution in [0.4, 0.5) is 39.9 Å². The molecular formula is C23H21F8N7O3. The van der Waals surface area contributed by atoms with Crippen LogP contribution in [0.25, 0.3) is 5.65 Å². The van der Waals surface area contributed by atoms with Crippen LogP contribution in [0.2, 0.25) is 0 Å². The molecule has 1 aliphatic carbocycles. The van der Waals surface area contributed by atoms with Gasteiger partial charge in [0.25, 0.3) is 5.91 Å². The number of urea groups is 1. The number of imidazole rings is 1. The molecule has 2 atom stereocenters. The molecule has 0 radical (unpaired) electrons. The fourth-order valence-corrected chi connectivity index (χ4v) is 4.95. The van der Waals surface area contributed by atoms with E-state index in [1.165, 1.54) is 23.0 Å². The summed E-state index contributed by atoms with van der Waals surface area (Å²) >= 11 is 0. The molecule has 0 spiro atoms. The maximum absolute atomic E-state index is 13.9. The second-order valence-corrected chi connectivity index (χ2v) is 9.98. The largest absolute Gasteiger partial charge is 0.437 e. The number of nitrogens with zero attached hydrogens (tertiary/aromatic N) is 5. The number of rotatable bonds is 6. The molecule has 1 saturated heterocycles. The average Bonchev–Trinajstić information content (AvgIpc) is 3.60. The number of alkyl halides is 8. The van der Waals surface area contributed by atoms with E-state index in [1.807, 2.05) is 5.32 Å². The molecule has 41 heavy (non-hydrogen) atoms. The third kappa shape index (κ3) is 6.04. The first-order chi connectivity index (χ1) is 19.1. The molecule has 0 aromatic carbocycles. The van der Waals surface area contributed by atoms with Crippen molar-refractivity contribution in [2.75, 3.05) is 6.54 Å². The number of amides is 3. The molecular weight excluding hydrogens is 574 g/mol. The van der Waals surface area contributed by atoms with E-state index in [2.05, 4.69) is 25.1 Å². The van der Waals surface area contributed by atoms with Crippen molar-refractivity contribution in [3.8, 4) is 0 Å². The number of hydrogen-bond acceptors (Lipinski definition) is 6. The molecule has 0 bridgehead atoms. The van der Waals surface area contributed by atoms with Crippen molar-refractivity contribution >= 4 is 17.6 Å². The smallest absolute Gasteiger partial charge is 0.363 e. The van der Waals surface area contributed by atoms with Crippen LogP contribution in [-0.4, -0.2) is 61.3 Å². The van der Waals surface area contributed by atoms with Gasteiger partial charge in [-0.15, -0.1) is 0 Å². The van der Waals surface area contributed by atoms with E-state index < -0.39 is 78.9 Å². The zero-order chi connectivity index (χ0) is 29.7. The van der Waals surface area contributed by atoms with Crippen molar-refractivity contribution in [3.63, 3.8) is 0 Å². The van der Waals surface area contributed by atoms with Gasteiger partial charge < -0.3 is 20.1 Å². The summed E-state index contributed by atoms with van der Waals surface area (Å²) in [6.45, 7) is -0.841. The van der Waals surface area contributed by atoms with E-state index >= 15 is 0 Å². The Hall–Kier alpha value is -3.99. The Morgan fingerprint density at radius 3 is 2.54 bits per heavy atom. The van der Waals surface area contributed by atoms with Gasteiger partial charge in [-0.3, -0.25) is 4.79 Å². The Balaban J connectivity index is 1.40. The van der Waals surface area contributed by atoms with E-state index in [9.17, 15) is 44.7 Å². The standard InChI is InChI=1S/C23H21F8N7O3/c24-21(25)3-1-12(2-4-21)17(35-19(39)13-10-41-36-18(13)23(29,30)31)14-8-38-16(33-14)5-11(6-32-38)7-37-9-15(22(26,27)28)34-20(37)40/h5-6,8,10,12,15,17H,1-4,7,9H2,(H,34,40)(H,35,39)/t15-,17-/m0/s1. The second kappa shape index (κ2) is 10.1. The van der Waals surface area contributed by atoms with Crippen molar-refractivity contribution < 1.29 is 49.2 Å². The summed E-state index contributed by atoms with van der Waals surface area (Å²) in [5.74, 6) is -4.75. The Morgan fingerprint density at radius 1 is 1.20 bits per heavy atom. The summed E-state index contributed by atoms with van der Waals surface area (Å²) in [6.07, 6.45) is -7.58. The minimum atomic E-state index is -4.99. The van der Waals surface area contributed by atoms with Crippen LogP contribution in [-0.2, 0) is 12.7 Å². The quantitative estimate of drug-likeness (QED) is 0.406. The SMILES string of the molecule is O=C(N[C@H](c1cn2ncc(CN3C[C@@H](C(F)(F)F)NC3=O)cc2n1)C1CCC(F)(F)CC1)c1conc1C(F)(F)F. The third-order valence-electron chi connectivity index (χ3n) is 7.07. The van der Waals surface area contributed by atoms with Crippen molar-refractivity contribution in [1.29, 1.82) is 0 Å². The summed E-state index contributed by atoms with van der Waals surface area (Å²) in [6, 6.07) is -2.61. The summed E-state index contributed by atoms with van der Waals surface area (Å²) in [5.41, 5.74) is -1.87. The number of nitrogens with one attached hydrogen (secondary N) is 2. The molecule has 2 fully saturated rings. The van der Waals surface area contributed by atoms with Gasteiger partial charge >= 0.3 is 18.4 Å². The van der Waals surface area contributed by atoms with Crippen molar-refractivity contribution in [2.24, 2.45) is 5.92 Å². The Labute approximate surface area is 225 Å². The lowest BCUT2D eigenvalue weighted by atomic mass is 9.81. The number of hydrogen-bond donors (Lipinski definition) is 2. The van der Waals surface area contributed by atoms with Gasteiger partial charge in [0.15, 0.2) is 11.3 Å². The zero-order valence-electron chi connectivity index (χ0n) is 20.8. The van der Waals surface area contributed by atoms with Crippen molar-refractivity contribution in [3.05, 3.63) is 47.2 Å². The summed E-state index contributed by atoms with van der Waals surface area (Å²) in [5, 5.41) is 11.3. The highest BCUT2D eigenvalue weighted by molar-refractivity contribution is 5.95. The maximum Gasteiger partial charge on any atom is 0.437 e. The highest BCUT2D eigenvalue weighted by atomic mass is 19.4. The van der Waals surface area contributed by atoms with Crippen LogP contribution in [0.5, 0.6) is 0 Å². The van der Waals surface area contributed by atoms with Gasteiger partial charge in [-0.05, 0) is 30.4 Å². The Kier molecular flexibility index (Phi) is 7.05. The number of aromatic nitrogens is 4. The molecule has 2 aliphatic rings. The van der Waals surface area contributed by atoms with Gasteiger partial charge in [-0.25, -0.2) is 23.1 Å². The minimum absolute atomic E-state index is 0.0648. The summed E-state index contributed by atoms with van der Waals surface area (Å²) in [4.78, 5) is 30.2. The van der Waals surface area contributed by atoms with Gasteiger partial charge in [-0.1, -0.05) is 5.16 Å². The molecule has 0 unspecified atom stereocenters. The number of fused-ring (bicyclic) bond motifs is 1. The predicted octanol–water partition coefficient (Wildman–Crippen LogP) is 4.49. The van der Waals surface area contributed by atoms with Crippen LogP contribution in [0.3, 0.4) is 0 Å². The first kappa shape index (κ1) is 28.5. The van der Waals surface area contributed by atoms with Crippen LogP contribution in [0, 0.1) is 5.92 Å². The van der Waals surface area contributed by atoms with Crippen LogP contribution < -0.4 is 10.6 Å². The van der Waals surface area contributed by atoms with E-state index in [-0.39, 0.29) is 30.7 Å². The lowest BCUT2D eigenvalue weighted by molar-refractivity contribution is -0.150. The minimum Gasteiger partial charge on any atom is -0.363 e. The van der Waals surface area contributed by atoms with Gasteiger partial charge in [0, 0.05) is 19.4 Å². The van der Waals surface area contributed by atoms with Gasteiger partial charge in [0.2, 0.25) is 5.92 Å². The molecule has 222 valence electrons. The monoisotopic (exact) mass is 595 g/mol. The molecule has 3 aromatic rings. The third-order valence-corrected chi connectivity index (χ3v) is 7.07. The fourth-order valence-electron chi connectivity index (χ4n) is 4.95. The molecule has 10 nitrogen and oxygen atoms in total. The molecule has 3 amide bonds. The van der Waals surface area contributed by atoms with Crippen LogP contribution >= 0.6 is 0 Å². The molecule has 4 heterocycles. The topological polar surface area (TPSA) is 118 Å². The Morgan fingerprint density at radius 2 is 1.90 bits per heavy atom. The fraction of sp³-hybridized carbons (Fsp3) is 0.522. The van der Waals surface area contributed by atoms with Gasteiger partial charge in [0.05, 0.1) is 30.7 Å². The van der Waals surface area contributed by atoms with E-state index in [0.29, 0.717) is 11.8 Å². The molecule has 1 aliphatic heterocycles. The second-order valence-electron chi connectivity index (χ2n) is 9.98. The first-order valence-corrected chi connectivity index (χ1v) is 12.3. The highest BCUT2D eigenvalue weighted by Gasteiger charge is 2.47. The van der Waals surface area contributed by atoms with E-state index in [1.54, 1.807) is 0 Å². The summed E-state index contributed by atoms with van der Waals surface area (Å²) in [7, 11) is 0. The number of carbonyl (C=O) groups excluding carboxylic acids is 2. The first-order valence-electron chi connectivity index (χ1n) is 12.3. The lowest BCUT2D eigenvalue weighted by Crippen LogP contribution is -2.40. The molecule has 2 N–H and O–H groups in total. The molecule has 1 saturated carbocycles. The van der Waals surface area contributed by atoms with Crippen molar-refractivity contribution in [1.82, 2.24) is 35.3 Å². The van der Waals surface area contributed by atoms with E-state index in [4.69, 9.17) is 0 Å². The average molecular weight is 595 g/mol. The van der Waals surface area contributed by atoms with Crippen LogP contribution in [0.15, 0.2) is 29.2 Å². The van der Waals surface area contributed by atoms with Gasteiger partial charge in [0.1, 0.15) is 17.9 Å². The number of halogens is 8. The lowest BCUT2D eigenvalue weighted by Gasteiger charge is -2.33. The molecule has 5 rings (SSSR count). The molecule has 18 heteroatoms. The maximum atomic E-state index is 13.9. The summed E-state index contributed by atoms with van der Waals surface area (Å²) < 4.78 is 112. The molecule has 3 aromatic heterocycles. The normalized spacial score (nSPS) is 20.8. The van der Waals surface area contributed by atoms with Crippen LogP contribution in [0.1, 0.15) is 59.0 Å². The Bertz CT molecular complexity index is 1440. The van der Waals surface area contributed by atoms with E-state index in [0.717, 1.165) is 4.90 Å². The highest BCUT2D eigenvalue weighted by Crippen LogP contribution is 2.41. The predicted molar refractivity (Wildman–Crippen MR) is 120 cm³/mol. The van der Waals surface area contributed by atoms with Crippen molar-refractivity contribution in [2.45, 2.75) is 62.6 Å². The number of carbonyl (C=O) groups is 2. The zero-order valence-corrected chi connectivity index (χ0v) is 20.8.